The summed E-state index contributed by atoms with van der Waals surface area (Å²) in [6.45, 7) is 1.93. The fraction of sp³-hybridized carbons (Fsp3) is 0.355. The van der Waals surface area contributed by atoms with Crippen LogP contribution in [0.3, 0.4) is 0 Å². The smallest absolute Gasteiger partial charge is 0.389 e. The molecule has 4 aromatic rings. The van der Waals surface area contributed by atoms with E-state index in [1.54, 1.807) is 24.3 Å². The van der Waals surface area contributed by atoms with Gasteiger partial charge in [-0.2, -0.15) is 13.2 Å². The van der Waals surface area contributed by atoms with E-state index < -0.39 is 24.9 Å². The summed E-state index contributed by atoms with van der Waals surface area (Å²) in [4.78, 5) is 35.2. The number of carbonyl (C=O) groups is 2. The van der Waals surface area contributed by atoms with E-state index in [1.165, 1.54) is 20.4 Å². The molecule has 3 aliphatic carbocycles. The molecule has 3 fully saturated rings. The number of amides is 2. The molecule has 0 aliphatic heterocycles. The Kier molecular flexibility index (Phi) is 6.70. The molecule has 0 unspecified atom stereocenters. The Morgan fingerprint density at radius 2 is 1.81 bits per heavy atom. The summed E-state index contributed by atoms with van der Waals surface area (Å²) < 4.78 is 51.4. The number of halogens is 3. The standard InChI is InChI=1S/C31H29F3N4O4/c1-16-4-6-18(7-5-16)25-24(27(40)35-2)21-11-20(23(37-29(21)42-25)8-9-31(32,33)34)19-10-22(28(41-3)36-15-19)26(39)38-30-12-17(13-30)14-30/h4-7,10-11,15,17H,8-9,12-14H2,1-3H3,(H,35,40)(H,38,39). The van der Waals surface area contributed by atoms with E-state index in [-0.39, 0.29) is 45.6 Å². The fourth-order valence-corrected chi connectivity index (χ4v) is 5.88. The highest BCUT2D eigenvalue weighted by Crippen LogP contribution is 2.57. The van der Waals surface area contributed by atoms with Gasteiger partial charge in [-0.3, -0.25) is 9.59 Å². The molecule has 2 amide bonds. The van der Waals surface area contributed by atoms with Gasteiger partial charge in [0.2, 0.25) is 11.6 Å². The van der Waals surface area contributed by atoms with Crippen LogP contribution < -0.4 is 15.4 Å². The normalized spacial score (nSPS) is 19.1. The molecule has 0 saturated heterocycles. The van der Waals surface area contributed by atoms with Gasteiger partial charge in [-0.15, -0.1) is 0 Å². The second-order valence-corrected chi connectivity index (χ2v) is 11.2. The third kappa shape index (κ3) is 4.97. The zero-order valence-corrected chi connectivity index (χ0v) is 23.3. The summed E-state index contributed by atoms with van der Waals surface area (Å²) in [7, 11) is 2.88. The first-order valence-electron chi connectivity index (χ1n) is 13.7. The minimum atomic E-state index is -4.43. The van der Waals surface area contributed by atoms with Gasteiger partial charge in [0.05, 0.1) is 23.8 Å². The van der Waals surface area contributed by atoms with Crippen molar-refractivity contribution < 1.29 is 31.9 Å². The van der Waals surface area contributed by atoms with Crippen LogP contribution in [0, 0.1) is 12.8 Å². The summed E-state index contributed by atoms with van der Waals surface area (Å²) in [5, 5.41) is 6.03. The van der Waals surface area contributed by atoms with Crippen molar-refractivity contribution in [1.29, 1.82) is 0 Å². The zero-order valence-electron chi connectivity index (χ0n) is 23.3. The molecule has 3 aromatic heterocycles. The lowest BCUT2D eigenvalue weighted by Gasteiger charge is -2.61. The number of hydrogen-bond donors (Lipinski definition) is 2. The molecule has 7 rings (SSSR count). The van der Waals surface area contributed by atoms with Gasteiger partial charge < -0.3 is 19.8 Å². The number of rotatable bonds is 8. The van der Waals surface area contributed by atoms with E-state index in [0.717, 1.165) is 24.8 Å². The topological polar surface area (TPSA) is 106 Å². The number of pyridine rings is 2. The van der Waals surface area contributed by atoms with Crippen molar-refractivity contribution in [3.8, 4) is 28.3 Å². The van der Waals surface area contributed by atoms with E-state index in [0.29, 0.717) is 28.0 Å². The minimum absolute atomic E-state index is 0.0353. The van der Waals surface area contributed by atoms with Gasteiger partial charge in [-0.05, 0) is 50.7 Å². The Morgan fingerprint density at radius 3 is 2.40 bits per heavy atom. The number of methoxy groups -OCH3 is 1. The Balaban J connectivity index is 1.51. The van der Waals surface area contributed by atoms with Gasteiger partial charge in [0.15, 0.2) is 0 Å². The van der Waals surface area contributed by atoms with Crippen molar-refractivity contribution in [2.45, 2.75) is 50.7 Å². The van der Waals surface area contributed by atoms with Crippen LogP contribution in [-0.4, -0.2) is 47.7 Å². The molecular weight excluding hydrogens is 549 g/mol. The maximum atomic E-state index is 13.3. The SMILES string of the molecule is CNC(=O)c1c(-c2ccc(C)cc2)oc2nc(CCC(F)(F)F)c(-c3cnc(OC)c(C(=O)NC45CC(C4)C5)c3)cc12. The average Bonchev–Trinajstić information content (AvgIpc) is 3.30. The second kappa shape index (κ2) is 10.1. The minimum Gasteiger partial charge on any atom is -0.480 e. The number of nitrogens with zero attached hydrogens (tertiary/aromatic N) is 2. The third-order valence-corrected chi connectivity index (χ3v) is 8.19. The molecule has 2 bridgehead atoms. The molecule has 0 spiro atoms. The maximum Gasteiger partial charge on any atom is 0.389 e. The van der Waals surface area contributed by atoms with Crippen molar-refractivity contribution in [3.05, 3.63) is 65.0 Å². The summed E-state index contributed by atoms with van der Waals surface area (Å²) in [5.41, 5.74) is 2.61. The molecule has 42 heavy (non-hydrogen) atoms. The number of carbonyl (C=O) groups excluding carboxylic acids is 2. The molecule has 3 heterocycles. The van der Waals surface area contributed by atoms with Gasteiger partial charge in [0.1, 0.15) is 11.3 Å². The Labute approximate surface area is 239 Å². The highest BCUT2D eigenvalue weighted by molar-refractivity contribution is 6.11. The highest BCUT2D eigenvalue weighted by atomic mass is 19.4. The molecule has 0 radical (unpaired) electrons. The van der Waals surface area contributed by atoms with Crippen molar-refractivity contribution in [2.24, 2.45) is 5.92 Å². The lowest BCUT2D eigenvalue weighted by atomic mass is 9.50. The highest BCUT2D eigenvalue weighted by Gasteiger charge is 2.57. The molecule has 2 N–H and O–H groups in total. The van der Waals surface area contributed by atoms with Gasteiger partial charge in [0.25, 0.3) is 11.8 Å². The number of benzene rings is 1. The number of alkyl halides is 3. The van der Waals surface area contributed by atoms with Crippen LogP contribution in [0.2, 0.25) is 0 Å². The average molecular weight is 579 g/mol. The first kappa shape index (κ1) is 27.7. The first-order valence-corrected chi connectivity index (χ1v) is 13.7. The van der Waals surface area contributed by atoms with Gasteiger partial charge >= 0.3 is 6.18 Å². The van der Waals surface area contributed by atoms with Crippen LogP contribution in [0.5, 0.6) is 5.88 Å². The molecule has 218 valence electrons. The van der Waals surface area contributed by atoms with E-state index in [1.807, 2.05) is 19.1 Å². The predicted octanol–water partition coefficient (Wildman–Crippen LogP) is 6.01. The summed E-state index contributed by atoms with van der Waals surface area (Å²) in [6.07, 6.45) is -1.76. The largest absolute Gasteiger partial charge is 0.480 e. The third-order valence-electron chi connectivity index (χ3n) is 8.19. The number of fused-ring (bicyclic) bond motifs is 1. The summed E-state index contributed by atoms with van der Waals surface area (Å²) >= 11 is 0. The number of nitrogens with one attached hydrogen (secondary N) is 2. The van der Waals surface area contributed by atoms with E-state index in [9.17, 15) is 22.8 Å². The monoisotopic (exact) mass is 578 g/mol. The number of aryl methyl sites for hydroxylation is 2. The van der Waals surface area contributed by atoms with Crippen LogP contribution >= 0.6 is 0 Å². The quantitative estimate of drug-likeness (QED) is 0.265. The molecule has 0 atom stereocenters. The van der Waals surface area contributed by atoms with Crippen LogP contribution in [0.1, 0.15) is 57.7 Å². The van der Waals surface area contributed by atoms with Gasteiger partial charge in [-0.1, -0.05) is 29.8 Å². The number of furan rings is 1. The number of ether oxygens (including phenoxy) is 1. The summed E-state index contributed by atoms with van der Waals surface area (Å²) in [6, 6.07) is 10.5. The molecular formula is C31H29F3N4O4. The lowest BCUT2D eigenvalue weighted by Crippen LogP contribution is -2.68. The molecule has 8 nitrogen and oxygen atoms in total. The maximum absolute atomic E-state index is 13.3. The molecule has 3 aliphatic rings. The fourth-order valence-electron chi connectivity index (χ4n) is 5.88. The molecule has 11 heteroatoms. The van der Waals surface area contributed by atoms with Gasteiger partial charge in [-0.25, -0.2) is 9.97 Å². The van der Waals surface area contributed by atoms with Crippen LogP contribution in [-0.2, 0) is 6.42 Å². The molecule has 3 saturated carbocycles. The van der Waals surface area contributed by atoms with Crippen molar-refractivity contribution in [1.82, 2.24) is 20.6 Å². The van der Waals surface area contributed by atoms with Crippen molar-refractivity contribution in [3.63, 3.8) is 0 Å². The van der Waals surface area contributed by atoms with E-state index >= 15 is 0 Å². The lowest BCUT2D eigenvalue weighted by molar-refractivity contribution is -0.134. The second-order valence-electron chi connectivity index (χ2n) is 11.2. The van der Waals surface area contributed by atoms with Crippen LogP contribution in [0.25, 0.3) is 33.6 Å². The Hall–Kier alpha value is -4.41. The van der Waals surface area contributed by atoms with Crippen LogP contribution in [0.15, 0.2) is 47.0 Å². The van der Waals surface area contributed by atoms with Crippen molar-refractivity contribution >= 4 is 22.9 Å². The summed E-state index contributed by atoms with van der Waals surface area (Å²) in [5.74, 6) is 0.208. The predicted molar refractivity (Wildman–Crippen MR) is 149 cm³/mol. The van der Waals surface area contributed by atoms with Crippen LogP contribution in [0.4, 0.5) is 13.2 Å². The van der Waals surface area contributed by atoms with Gasteiger partial charge in [0, 0.05) is 41.9 Å². The van der Waals surface area contributed by atoms with E-state index in [2.05, 4.69) is 20.6 Å². The Morgan fingerprint density at radius 1 is 1.10 bits per heavy atom. The number of hydrogen-bond acceptors (Lipinski definition) is 6. The zero-order chi connectivity index (χ0) is 29.8. The van der Waals surface area contributed by atoms with Crippen molar-refractivity contribution in [2.75, 3.05) is 14.2 Å². The number of aromatic nitrogens is 2. The van der Waals surface area contributed by atoms with E-state index in [4.69, 9.17) is 9.15 Å². The first-order chi connectivity index (χ1) is 20.0. The molecule has 1 aromatic carbocycles. The Bertz CT molecular complexity index is 1700.